The lowest BCUT2D eigenvalue weighted by Crippen LogP contribution is -2.11. The van der Waals surface area contributed by atoms with Crippen LogP contribution in [0.4, 0.5) is 11.5 Å². The molecular formula is C20H26N2O4. The van der Waals surface area contributed by atoms with Gasteiger partial charge in [-0.05, 0) is 44.0 Å². The number of hydrogen-bond acceptors (Lipinski definition) is 5. The molecule has 0 spiro atoms. The molecule has 1 aromatic heterocycles. The molecule has 0 atom stereocenters. The Kier molecular flexibility index (Phi) is 6.83. The summed E-state index contributed by atoms with van der Waals surface area (Å²) < 4.78 is 11.0. The van der Waals surface area contributed by atoms with E-state index in [1.165, 1.54) is 0 Å². The van der Waals surface area contributed by atoms with Crippen LogP contribution in [-0.4, -0.2) is 29.8 Å². The third-order valence-corrected chi connectivity index (χ3v) is 4.02. The van der Waals surface area contributed by atoms with Gasteiger partial charge in [0, 0.05) is 17.4 Å². The minimum Gasteiger partial charge on any atom is -0.497 e. The van der Waals surface area contributed by atoms with Gasteiger partial charge in [0.2, 0.25) is 0 Å². The van der Waals surface area contributed by atoms with Crippen LogP contribution in [0.5, 0.6) is 11.5 Å². The van der Waals surface area contributed by atoms with Crippen LogP contribution in [0.3, 0.4) is 0 Å². The fourth-order valence-corrected chi connectivity index (χ4v) is 2.62. The van der Waals surface area contributed by atoms with E-state index in [4.69, 9.17) is 9.47 Å². The lowest BCUT2D eigenvalue weighted by Gasteiger charge is -2.16. The highest BCUT2D eigenvalue weighted by Gasteiger charge is 2.20. The Hall–Kier alpha value is -2.76. The third-order valence-electron chi connectivity index (χ3n) is 4.02. The van der Waals surface area contributed by atoms with Gasteiger partial charge in [0.05, 0.1) is 13.7 Å². The lowest BCUT2D eigenvalue weighted by molar-refractivity contribution is 0.0693. The number of aromatic carboxylic acids is 1. The van der Waals surface area contributed by atoms with Crippen LogP contribution in [-0.2, 0) is 0 Å². The Balaban J connectivity index is 2.34. The summed E-state index contributed by atoms with van der Waals surface area (Å²) in [4.78, 5) is 16.2. The van der Waals surface area contributed by atoms with Crippen molar-refractivity contribution in [3.63, 3.8) is 0 Å². The summed E-state index contributed by atoms with van der Waals surface area (Å²) in [5.41, 5.74) is 2.43. The number of rotatable bonds is 9. The molecule has 0 radical (unpaired) electrons. The van der Waals surface area contributed by atoms with Crippen LogP contribution in [0, 0.1) is 13.8 Å². The van der Waals surface area contributed by atoms with Gasteiger partial charge in [-0.25, -0.2) is 9.78 Å². The summed E-state index contributed by atoms with van der Waals surface area (Å²) in [6.45, 7) is 6.33. The number of ether oxygens (including phenoxy) is 2. The third kappa shape index (κ3) is 4.88. The van der Waals surface area contributed by atoms with Crippen LogP contribution < -0.4 is 14.8 Å². The molecule has 0 amide bonds. The molecule has 26 heavy (non-hydrogen) atoms. The van der Waals surface area contributed by atoms with Crippen LogP contribution in [0.2, 0.25) is 0 Å². The molecule has 0 aliphatic carbocycles. The first-order chi connectivity index (χ1) is 12.5. The number of carboxylic acid groups (broad SMARTS) is 1. The Bertz CT molecular complexity index is 775. The minimum absolute atomic E-state index is 0.0438. The van der Waals surface area contributed by atoms with Crippen molar-refractivity contribution < 1.29 is 19.4 Å². The average molecular weight is 358 g/mol. The van der Waals surface area contributed by atoms with Gasteiger partial charge in [-0.1, -0.05) is 19.8 Å². The molecule has 1 aromatic carbocycles. The Labute approximate surface area is 154 Å². The van der Waals surface area contributed by atoms with Crippen molar-refractivity contribution in [3.8, 4) is 11.5 Å². The lowest BCUT2D eigenvalue weighted by atomic mass is 10.1. The quantitative estimate of drug-likeness (QED) is 0.632. The Morgan fingerprint density at radius 1 is 1.23 bits per heavy atom. The molecule has 2 rings (SSSR count). The maximum Gasteiger partial charge on any atom is 0.343 e. The number of carbonyl (C=O) groups is 1. The van der Waals surface area contributed by atoms with E-state index in [0.29, 0.717) is 18.1 Å². The van der Waals surface area contributed by atoms with Crippen molar-refractivity contribution in [1.29, 1.82) is 0 Å². The van der Waals surface area contributed by atoms with E-state index in [1.807, 2.05) is 32.0 Å². The molecule has 0 saturated carbocycles. The molecule has 0 fully saturated rings. The molecule has 0 saturated heterocycles. The summed E-state index contributed by atoms with van der Waals surface area (Å²) in [6, 6.07) is 7.20. The number of benzene rings is 1. The summed E-state index contributed by atoms with van der Waals surface area (Å²) in [5.74, 6) is 0.284. The fourth-order valence-electron chi connectivity index (χ4n) is 2.62. The number of nitrogens with one attached hydrogen (secondary N) is 1. The van der Waals surface area contributed by atoms with Gasteiger partial charge in [0.25, 0.3) is 0 Å². The van der Waals surface area contributed by atoms with Gasteiger partial charge < -0.3 is 19.9 Å². The van der Waals surface area contributed by atoms with Crippen molar-refractivity contribution in [2.45, 2.75) is 40.0 Å². The van der Waals surface area contributed by atoms with Crippen molar-refractivity contribution >= 4 is 17.5 Å². The van der Waals surface area contributed by atoms with E-state index >= 15 is 0 Å². The van der Waals surface area contributed by atoms with Crippen LogP contribution >= 0.6 is 0 Å². The summed E-state index contributed by atoms with van der Waals surface area (Å²) in [6.07, 6.45) is 3.01. The number of nitrogens with zero attached hydrogens (tertiary/aromatic N) is 1. The molecule has 2 aromatic rings. The van der Waals surface area contributed by atoms with E-state index < -0.39 is 5.97 Å². The SMILES string of the molecule is CCCCCOc1cc(C)nc(Nc2ccc(OC)cc2C)c1C(=O)O. The van der Waals surface area contributed by atoms with Crippen molar-refractivity contribution in [3.05, 3.63) is 41.1 Å². The number of hydrogen-bond donors (Lipinski definition) is 2. The van der Waals surface area contributed by atoms with Gasteiger partial charge in [0.1, 0.15) is 22.9 Å². The molecule has 0 aliphatic heterocycles. The van der Waals surface area contributed by atoms with Gasteiger partial charge in [-0.15, -0.1) is 0 Å². The van der Waals surface area contributed by atoms with E-state index in [2.05, 4.69) is 17.2 Å². The summed E-state index contributed by atoms with van der Waals surface area (Å²) in [5, 5.41) is 12.8. The van der Waals surface area contributed by atoms with Gasteiger partial charge in [0.15, 0.2) is 0 Å². The van der Waals surface area contributed by atoms with E-state index in [-0.39, 0.29) is 11.4 Å². The highest BCUT2D eigenvalue weighted by atomic mass is 16.5. The molecule has 1 heterocycles. The van der Waals surface area contributed by atoms with Crippen molar-refractivity contribution in [1.82, 2.24) is 4.98 Å². The van der Waals surface area contributed by atoms with Crippen molar-refractivity contribution in [2.75, 3.05) is 19.0 Å². The smallest absolute Gasteiger partial charge is 0.343 e. The molecule has 2 N–H and O–H groups in total. The second-order valence-corrected chi connectivity index (χ2v) is 6.15. The second kappa shape index (κ2) is 9.08. The number of methoxy groups -OCH3 is 1. The predicted molar refractivity (Wildman–Crippen MR) is 102 cm³/mol. The van der Waals surface area contributed by atoms with Crippen molar-refractivity contribution in [2.24, 2.45) is 0 Å². The normalized spacial score (nSPS) is 10.5. The van der Waals surface area contributed by atoms with Crippen LogP contribution in [0.15, 0.2) is 24.3 Å². The number of aromatic nitrogens is 1. The molecule has 140 valence electrons. The standard InChI is InChI=1S/C20H26N2O4/c1-5-6-7-10-26-17-12-14(3)21-19(18(17)20(23)24)22-16-9-8-15(25-4)11-13(16)2/h8-9,11-12H,5-7,10H2,1-4H3,(H,21,22)(H,23,24). The maximum atomic E-state index is 11.8. The van der Waals surface area contributed by atoms with Gasteiger partial charge in [-0.3, -0.25) is 0 Å². The summed E-state index contributed by atoms with van der Waals surface area (Å²) >= 11 is 0. The monoisotopic (exact) mass is 358 g/mol. The van der Waals surface area contributed by atoms with Crippen LogP contribution in [0.1, 0.15) is 47.8 Å². The first-order valence-electron chi connectivity index (χ1n) is 8.75. The topological polar surface area (TPSA) is 80.7 Å². The largest absolute Gasteiger partial charge is 0.497 e. The second-order valence-electron chi connectivity index (χ2n) is 6.15. The highest BCUT2D eigenvalue weighted by molar-refractivity contribution is 5.97. The molecule has 6 nitrogen and oxygen atoms in total. The fraction of sp³-hybridized carbons (Fsp3) is 0.400. The van der Waals surface area contributed by atoms with E-state index in [1.54, 1.807) is 13.2 Å². The van der Waals surface area contributed by atoms with Gasteiger partial charge in [-0.2, -0.15) is 0 Å². The molecule has 0 aliphatic rings. The number of pyridine rings is 1. The predicted octanol–water partition coefficient (Wildman–Crippen LogP) is 4.72. The maximum absolute atomic E-state index is 11.8. The first kappa shape index (κ1) is 19.6. The number of unbranched alkanes of at least 4 members (excludes halogenated alkanes) is 2. The highest BCUT2D eigenvalue weighted by Crippen LogP contribution is 2.31. The zero-order chi connectivity index (χ0) is 19.1. The molecule has 0 unspecified atom stereocenters. The Morgan fingerprint density at radius 3 is 2.62 bits per heavy atom. The van der Waals surface area contributed by atoms with Gasteiger partial charge >= 0.3 is 5.97 Å². The molecule has 0 bridgehead atoms. The Morgan fingerprint density at radius 2 is 2.00 bits per heavy atom. The number of carboxylic acids is 1. The number of anilines is 2. The zero-order valence-electron chi connectivity index (χ0n) is 15.8. The molecule has 6 heteroatoms. The summed E-state index contributed by atoms with van der Waals surface area (Å²) in [7, 11) is 1.61. The number of aryl methyl sites for hydroxylation is 2. The molecular weight excluding hydrogens is 332 g/mol. The minimum atomic E-state index is -1.07. The van der Waals surface area contributed by atoms with Crippen LogP contribution in [0.25, 0.3) is 0 Å². The van der Waals surface area contributed by atoms with E-state index in [9.17, 15) is 9.90 Å². The van der Waals surface area contributed by atoms with E-state index in [0.717, 1.165) is 36.3 Å². The average Bonchev–Trinajstić information content (AvgIpc) is 2.59. The first-order valence-corrected chi connectivity index (χ1v) is 8.75. The zero-order valence-corrected chi connectivity index (χ0v) is 15.8.